The summed E-state index contributed by atoms with van der Waals surface area (Å²) in [6.45, 7) is 2.56. The van der Waals surface area contributed by atoms with Gasteiger partial charge in [-0.3, -0.25) is 4.79 Å². The summed E-state index contributed by atoms with van der Waals surface area (Å²) in [5.74, 6) is 0.0976. The van der Waals surface area contributed by atoms with E-state index in [0.717, 1.165) is 18.4 Å². The summed E-state index contributed by atoms with van der Waals surface area (Å²) in [5.41, 5.74) is 1.06. The van der Waals surface area contributed by atoms with E-state index in [9.17, 15) is 4.79 Å². The molecule has 1 aromatic heterocycles. The lowest BCUT2D eigenvalue weighted by Crippen LogP contribution is -2.45. The van der Waals surface area contributed by atoms with E-state index in [1.807, 2.05) is 13.0 Å². The Morgan fingerprint density at radius 3 is 2.94 bits per heavy atom. The highest BCUT2D eigenvalue weighted by molar-refractivity contribution is 5.81. The summed E-state index contributed by atoms with van der Waals surface area (Å²) in [7, 11) is 0. The van der Waals surface area contributed by atoms with Gasteiger partial charge in [0.2, 0.25) is 5.91 Å². The average molecular weight is 236 g/mol. The third kappa shape index (κ3) is 3.60. The zero-order valence-corrected chi connectivity index (χ0v) is 10.2. The molecule has 0 saturated heterocycles. The van der Waals surface area contributed by atoms with Crippen molar-refractivity contribution >= 4 is 5.91 Å². The van der Waals surface area contributed by atoms with Crippen LogP contribution in [-0.4, -0.2) is 18.0 Å². The van der Waals surface area contributed by atoms with Gasteiger partial charge in [0.1, 0.15) is 0 Å². The van der Waals surface area contributed by atoms with Crippen LogP contribution in [0, 0.1) is 0 Å². The molecule has 1 atom stereocenters. The van der Waals surface area contributed by atoms with E-state index in [2.05, 4.69) is 10.6 Å². The molecule has 0 radical (unpaired) electrons. The van der Waals surface area contributed by atoms with Crippen LogP contribution in [0.2, 0.25) is 0 Å². The number of carbonyl (C=O) groups is 1. The zero-order chi connectivity index (χ0) is 12.1. The molecule has 0 aromatic carbocycles. The molecule has 4 nitrogen and oxygen atoms in total. The molecule has 0 bridgehead atoms. The van der Waals surface area contributed by atoms with Gasteiger partial charge < -0.3 is 15.1 Å². The van der Waals surface area contributed by atoms with E-state index < -0.39 is 0 Å². The van der Waals surface area contributed by atoms with E-state index in [4.69, 9.17) is 4.42 Å². The molecule has 0 aliphatic heterocycles. The molecule has 1 aliphatic carbocycles. The van der Waals surface area contributed by atoms with E-state index in [1.165, 1.54) is 12.8 Å². The van der Waals surface area contributed by atoms with Crippen molar-refractivity contribution in [1.29, 1.82) is 0 Å². The summed E-state index contributed by atoms with van der Waals surface area (Å²) >= 11 is 0. The smallest absolute Gasteiger partial charge is 0.237 e. The van der Waals surface area contributed by atoms with Gasteiger partial charge in [-0.25, -0.2) is 0 Å². The van der Waals surface area contributed by atoms with E-state index in [-0.39, 0.29) is 11.9 Å². The standard InChI is InChI=1S/C13H20N2O2/c1-10(14-8-11-6-7-17-9-11)13(16)15-12-4-2-3-5-12/h6-7,9-10,12,14H,2-5,8H2,1H3,(H,15,16). The molecule has 0 spiro atoms. The molecule has 1 amide bonds. The monoisotopic (exact) mass is 236 g/mol. The maximum absolute atomic E-state index is 11.9. The van der Waals surface area contributed by atoms with Gasteiger partial charge in [0, 0.05) is 18.2 Å². The Morgan fingerprint density at radius 1 is 1.53 bits per heavy atom. The Morgan fingerprint density at radius 2 is 2.29 bits per heavy atom. The maximum Gasteiger partial charge on any atom is 0.237 e. The molecule has 2 rings (SSSR count). The summed E-state index contributed by atoms with van der Waals surface area (Å²) in [5, 5.41) is 6.27. The zero-order valence-electron chi connectivity index (χ0n) is 10.2. The van der Waals surface area contributed by atoms with Gasteiger partial charge in [-0.15, -0.1) is 0 Å². The van der Waals surface area contributed by atoms with Crippen LogP contribution in [0.5, 0.6) is 0 Å². The molecule has 17 heavy (non-hydrogen) atoms. The maximum atomic E-state index is 11.9. The van der Waals surface area contributed by atoms with Gasteiger partial charge in [0.25, 0.3) is 0 Å². The Hall–Kier alpha value is -1.29. The van der Waals surface area contributed by atoms with Crippen molar-refractivity contribution < 1.29 is 9.21 Å². The van der Waals surface area contributed by atoms with Gasteiger partial charge >= 0.3 is 0 Å². The minimum atomic E-state index is -0.162. The number of rotatable bonds is 5. The minimum absolute atomic E-state index is 0.0976. The lowest BCUT2D eigenvalue weighted by molar-refractivity contribution is -0.123. The number of hydrogen-bond donors (Lipinski definition) is 2. The highest BCUT2D eigenvalue weighted by Crippen LogP contribution is 2.17. The van der Waals surface area contributed by atoms with Gasteiger partial charge in [0.15, 0.2) is 0 Å². The normalized spacial score (nSPS) is 18.2. The van der Waals surface area contributed by atoms with Crippen molar-refractivity contribution in [2.24, 2.45) is 0 Å². The second kappa shape index (κ2) is 5.87. The fraction of sp³-hybridized carbons (Fsp3) is 0.615. The SMILES string of the molecule is CC(NCc1ccoc1)C(=O)NC1CCCC1. The second-order valence-electron chi connectivity index (χ2n) is 4.72. The van der Waals surface area contributed by atoms with Crippen LogP contribution in [0.1, 0.15) is 38.2 Å². The van der Waals surface area contributed by atoms with E-state index in [0.29, 0.717) is 12.6 Å². The first-order valence-electron chi connectivity index (χ1n) is 6.30. The Balaban J connectivity index is 1.71. The lowest BCUT2D eigenvalue weighted by Gasteiger charge is -2.17. The largest absolute Gasteiger partial charge is 0.472 e. The molecule has 1 aromatic rings. The van der Waals surface area contributed by atoms with Crippen molar-refractivity contribution in [3.8, 4) is 0 Å². The number of carbonyl (C=O) groups excluding carboxylic acids is 1. The number of nitrogens with one attached hydrogen (secondary N) is 2. The Bertz CT molecular complexity index is 342. The van der Waals surface area contributed by atoms with Crippen molar-refractivity contribution in [3.05, 3.63) is 24.2 Å². The first kappa shape index (κ1) is 12.2. The summed E-state index contributed by atoms with van der Waals surface area (Å²) in [6.07, 6.45) is 8.05. The molecule has 2 N–H and O–H groups in total. The highest BCUT2D eigenvalue weighted by atomic mass is 16.3. The van der Waals surface area contributed by atoms with Crippen LogP contribution >= 0.6 is 0 Å². The molecule has 1 unspecified atom stereocenters. The fourth-order valence-corrected chi connectivity index (χ4v) is 2.15. The van der Waals surface area contributed by atoms with E-state index in [1.54, 1.807) is 12.5 Å². The summed E-state index contributed by atoms with van der Waals surface area (Å²) in [6, 6.07) is 2.13. The van der Waals surface area contributed by atoms with Crippen molar-refractivity contribution in [2.75, 3.05) is 0 Å². The molecule has 1 aliphatic rings. The van der Waals surface area contributed by atoms with Gasteiger partial charge in [-0.05, 0) is 25.8 Å². The number of amides is 1. The van der Waals surface area contributed by atoms with Gasteiger partial charge in [0.05, 0.1) is 18.6 Å². The first-order valence-corrected chi connectivity index (χ1v) is 6.30. The highest BCUT2D eigenvalue weighted by Gasteiger charge is 2.20. The first-order chi connectivity index (χ1) is 8.25. The molecular weight excluding hydrogens is 216 g/mol. The molecule has 94 valence electrons. The van der Waals surface area contributed by atoms with Gasteiger partial charge in [-0.1, -0.05) is 12.8 Å². The van der Waals surface area contributed by atoms with Crippen LogP contribution in [0.25, 0.3) is 0 Å². The fourth-order valence-electron chi connectivity index (χ4n) is 2.15. The number of furan rings is 1. The molecule has 1 heterocycles. The predicted molar refractivity (Wildman–Crippen MR) is 65.4 cm³/mol. The average Bonchev–Trinajstić information content (AvgIpc) is 2.98. The van der Waals surface area contributed by atoms with Crippen molar-refractivity contribution in [1.82, 2.24) is 10.6 Å². The lowest BCUT2D eigenvalue weighted by atomic mass is 10.2. The van der Waals surface area contributed by atoms with Crippen LogP contribution in [0.4, 0.5) is 0 Å². The molecule has 4 heteroatoms. The molecule has 1 saturated carbocycles. The summed E-state index contributed by atoms with van der Waals surface area (Å²) in [4.78, 5) is 11.9. The Labute approximate surface area is 102 Å². The molecule has 1 fully saturated rings. The Kier molecular flexibility index (Phi) is 4.20. The number of hydrogen-bond acceptors (Lipinski definition) is 3. The van der Waals surface area contributed by atoms with Crippen LogP contribution in [0.3, 0.4) is 0 Å². The van der Waals surface area contributed by atoms with Crippen molar-refractivity contribution in [3.63, 3.8) is 0 Å². The second-order valence-corrected chi connectivity index (χ2v) is 4.72. The predicted octanol–water partition coefficient (Wildman–Crippen LogP) is 1.82. The minimum Gasteiger partial charge on any atom is -0.472 e. The van der Waals surface area contributed by atoms with Crippen LogP contribution < -0.4 is 10.6 Å². The van der Waals surface area contributed by atoms with Crippen LogP contribution in [-0.2, 0) is 11.3 Å². The van der Waals surface area contributed by atoms with Gasteiger partial charge in [-0.2, -0.15) is 0 Å². The summed E-state index contributed by atoms with van der Waals surface area (Å²) < 4.78 is 4.97. The van der Waals surface area contributed by atoms with Crippen molar-refractivity contribution in [2.45, 2.75) is 51.2 Å². The van der Waals surface area contributed by atoms with E-state index >= 15 is 0 Å². The van der Waals surface area contributed by atoms with Crippen LogP contribution in [0.15, 0.2) is 23.0 Å². The quantitative estimate of drug-likeness (QED) is 0.820. The third-order valence-electron chi connectivity index (χ3n) is 3.29. The molecular formula is C13H20N2O2. The third-order valence-corrected chi connectivity index (χ3v) is 3.29. The topological polar surface area (TPSA) is 54.3 Å².